The molecule has 0 radical (unpaired) electrons. The zero-order valence-electron chi connectivity index (χ0n) is 48.9. The predicted molar refractivity (Wildman–Crippen MR) is 339 cm³/mol. The van der Waals surface area contributed by atoms with Gasteiger partial charge < -0.3 is 14.7 Å². The highest BCUT2D eigenvalue weighted by molar-refractivity contribution is 7.00. The van der Waals surface area contributed by atoms with Crippen LogP contribution in [-0.4, -0.2) is 6.71 Å². The van der Waals surface area contributed by atoms with Crippen molar-refractivity contribution in [3.05, 3.63) is 245 Å². The smallest absolute Gasteiger partial charge is 0.252 e. The van der Waals surface area contributed by atoms with Crippen LogP contribution in [0.4, 0.5) is 45.5 Å². The molecule has 0 fully saturated rings. The quantitative estimate of drug-likeness (QED) is 0.159. The van der Waals surface area contributed by atoms with E-state index in [0.717, 1.165) is 12.8 Å². The number of aryl methyl sites for hydroxylation is 1. The van der Waals surface area contributed by atoms with Gasteiger partial charge in [-0.15, -0.1) is 0 Å². The van der Waals surface area contributed by atoms with E-state index in [1.165, 1.54) is 118 Å². The van der Waals surface area contributed by atoms with Crippen molar-refractivity contribution >= 4 is 68.6 Å². The number of hydrogen-bond donors (Lipinski definition) is 0. The molecule has 0 saturated carbocycles. The van der Waals surface area contributed by atoms with Gasteiger partial charge in [-0.1, -0.05) is 229 Å². The van der Waals surface area contributed by atoms with E-state index in [1.54, 1.807) is 0 Å². The second-order valence-corrected chi connectivity index (χ2v) is 27.6. The molecule has 4 heteroatoms. The van der Waals surface area contributed by atoms with Crippen LogP contribution < -0.4 is 31.1 Å². The molecular weight excluding hydrogens is 954 g/mol. The van der Waals surface area contributed by atoms with Crippen LogP contribution in [-0.2, 0) is 39.0 Å². The van der Waals surface area contributed by atoms with Crippen LogP contribution in [0.3, 0.4) is 0 Å². The molecule has 394 valence electrons. The number of hydrogen-bond acceptors (Lipinski definition) is 3. The Morgan fingerprint density at radius 3 is 1.65 bits per heavy atom. The molecule has 3 heterocycles. The van der Waals surface area contributed by atoms with Gasteiger partial charge in [0.1, 0.15) is 0 Å². The van der Waals surface area contributed by atoms with Crippen molar-refractivity contribution in [3.8, 4) is 11.1 Å². The number of rotatable bonds is 5. The topological polar surface area (TPSA) is 9.72 Å². The van der Waals surface area contributed by atoms with Gasteiger partial charge in [-0.05, 0) is 162 Å². The Kier molecular flexibility index (Phi) is 11.4. The van der Waals surface area contributed by atoms with Crippen LogP contribution >= 0.6 is 0 Å². The molecule has 9 aromatic carbocycles. The van der Waals surface area contributed by atoms with Crippen molar-refractivity contribution in [2.75, 3.05) is 14.7 Å². The summed E-state index contributed by atoms with van der Waals surface area (Å²) in [6.07, 6.45) is 1.98. The molecule has 3 aliphatic heterocycles. The standard InChI is InChI=1S/C75H76BN3/c1-70(2,3)52-30-24-31-56(43-52)77-66-46-55(73(10,11)12)35-38-62(66)76-61-33-22-23-34-65(61)78(63-39-36-53(71(4,5)6)44-58(63)49-25-16-14-17-26-49)68-48-57(47-67(77)69(68)76)79-64-40-37-54(72(7,8)9)45-60(64)75(51-28-18-15-19-29-51)42-41-50-27-20-21-32-59(50)74(75,79)13/h14-40,43-48H,41-42H2,1-13H3. The van der Waals surface area contributed by atoms with E-state index in [9.17, 15) is 0 Å². The third-order valence-corrected chi connectivity index (χ3v) is 18.7. The van der Waals surface area contributed by atoms with E-state index in [2.05, 4.69) is 305 Å². The normalized spacial score (nSPS) is 18.3. The average Bonchev–Trinajstić information content (AvgIpc) is 2.40. The van der Waals surface area contributed by atoms with Crippen LogP contribution in [0.25, 0.3) is 11.1 Å². The first kappa shape index (κ1) is 50.9. The van der Waals surface area contributed by atoms with Crippen LogP contribution in [0.1, 0.15) is 141 Å². The molecule has 0 N–H and O–H groups in total. The van der Waals surface area contributed by atoms with E-state index < -0.39 is 5.54 Å². The van der Waals surface area contributed by atoms with E-state index >= 15 is 0 Å². The number of fused-ring (bicyclic) bond motifs is 9. The SMILES string of the molecule is CC(C)(C)c1cccc(N2c3cc(C(C)(C)C)ccc3B3c4ccccc4N(c4ccc(C(C)(C)C)cc4-c4ccccc4)c4cc(N5c6ccc(C(C)(C)C)cc6C6(c7ccccc7)CCc7ccccc7C56C)cc2c43)c1. The van der Waals surface area contributed by atoms with E-state index in [1.807, 2.05) is 0 Å². The number of nitrogens with zero attached hydrogens (tertiary/aromatic N) is 3. The van der Waals surface area contributed by atoms with E-state index in [4.69, 9.17) is 0 Å². The molecule has 0 aromatic heterocycles. The van der Waals surface area contributed by atoms with Crippen LogP contribution in [0.5, 0.6) is 0 Å². The minimum Gasteiger partial charge on any atom is -0.330 e. The molecule has 79 heavy (non-hydrogen) atoms. The van der Waals surface area contributed by atoms with Crippen LogP contribution in [0, 0.1) is 0 Å². The fraction of sp³-hybridized carbons (Fsp3) is 0.280. The molecule has 0 amide bonds. The average molecular weight is 1030 g/mol. The molecule has 0 bridgehead atoms. The third kappa shape index (κ3) is 7.74. The summed E-state index contributed by atoms with van der Waals surface area (Å²) in [6, 6.07) is 78.2. The maximum Gasteiger partial charge on any atom is 0.252 e. The highest BCUT2D eigenvalue weighted by Gasteiger charge is 2.63. The largest absolute Gasteiger partial charge is 0.330 e. The summed E-state index contributed by atoms with van der Waals surface area (Å²) in [5.74, 6) is 0. The minimum atomic E-state index is -0.549. The Bertz CT molecular complexity index is 3880. The third-order valence-electron chi connectivity index (χ3n) is 18.7. The summed E-state index contributed by atoms with van der Waals surface area (Å²) in [5, 5.41) is 0. The van der Waals surface area contributed by atoms with Crippen LogP contribution in [0.15, 0.2) is 200 Å². The Hall–Kier alpha value is -7.56. The first-order valence-electron chi connectivity index (χ1n) is 29.0. The summed E-state index contributed by atoms with van der Waals surface area (Å²) >= 11 is 0. The van der Waals surface area contributed by atoms with Gasteiger partial charge in [-0.25, -0.2) is 0 Å². The second kappa shape index (κ2) is 17.7. The molecule has 9 aromatic rings. The van der Waals surface area contributed by atoms with Crippen molar-refractivity contribution in [1.82, 2.24) is 0 Å². The first-order valence-corrected chi connectivity index (χ1v) is 29.0. The maximum atomic E-state index is 2.82. The zero-order valence-corrected chi connectivity index (χ0v) is 48.9. The molecule has 0 spiro atoms. The molecule has 0 saturated heterocycles. The molecule has 2 unspecified atom stereocenters. The molecule has 3 nitrogen and oxygen atoms in total. The first-order chi connectivity index (χ1) is 37.6. The highest BCUT2D eigenvalue weighted by atomic mass is 15.3. The molecule has 2 atom stereocenters. The van der Waals surface area contributed by atoms with Gasteiger partial charge in [0.2, 0.25) is 0 Å². The lowest BCUT2D eigenvalue weighted by molar-refractivity contribution is 0.270. The van der Waals surface area contributed by atoms with Gasteiger partial charge in [-0.2, -0.15) is 0 Å². The van der Waals surface area contributed by atoms with Gasteiger partial charge in [0.05, 0.1) is 16.6 Å². The monoisotopic (exact) mass is 1030 g/mol. The Labute approximate surface area is 472 Å². The lowest BCUT2D eigenvalue weighted by atomic mass is 9.33. The summed E-state index contributed by atoms with van der Waals surface area (Å²) in [5.41, 5.74) is 25.8. The number of anilines is 8. The van der Waals surface area contributed by atoms with Gasteiger partial charge in [0, 0.05) is 45.4 Å². The number of benzene rings is 9. The van der Waals surface area contributed by atoms with Gasteiger partial charge in [0.25, 0.3) is 6.71 Å². The lowest BCUT2D eigenvalue weighted by Crippen LogP contribution is -2.61. The summed E-state index contributed by atoms with van der Waals surface area (Å²) in [7, 11) is 0. The molecule has 13 rings (SSSR count). The summed E-state index contributed by atoms with van der Waals surface area (Å²) in [6.45, 7) is 30.7. The molecular formula is C75H76BN3. The summed E-state index contributed by atoms with van der Waals surface area (Å²) in [4.78, 5) is 8.13. The molecule has 4 aliphatic rings. The van der Waals surface area contributed by atoms with Crippen molar-refractivity contribution in [2.24, 2.45) is 0 Å². The lowest BCUT2D eigenvalue weighted by Gasteiger charge is -2.53. The zero-order chi connectivity index (χ0) is 55.2. The maximum absolute atomic E-state index is 2.82. The van der Waals surface area contributed by atoms with Gasteiger partial charge in [-0.3, -0.25) is 0 Å². The Morgan fingerprint density at radius 1 is 0.392 bits per heavy atom. The van der Waals surface area contributed by atoms with Crippen molar-refractivity contribution in [2.45, 2.75) is 135 Å². The fourth-order valence-corrected chi connectivity index (χ4v) is 14.4. The predicted octanol–water partition coefficient (Wildman–Crippen LogP) is 17.9. The summed E-state index contributed by atoms with van der Waals surface area (Å²) < 4.78 is 0. The second-order valence-electron chi connectivity index (χ2n) is 27.6. The number of para-hydroxylation sites is 1. The minimum absolute atomic E-state index is 0.0406. The van der Waals surface area contributed by atoms with Crippen LogP contribution in [0.2, 0.25) is 0 Å². The van der Waals surface area contributed by atoms with Crippen molar-refractivity contribution in [1.29, 1.82) is 0 Å². The van der Waals surface area contributed by atoms with Crippen molar-refractivity contribution < 1.29 is 0 Å². The van der Waals surface area contributed by atoms with Crippen molar-refractivity contribution in [3.63, 3.8) is 0 Å². The Morgan fingerprint density at radius 2 is 0.949 bits per heavy atom. The highest BCUT2D eigenvalue weighted by Crippen LogP contribution is 2.67. The van der Waals surface area contributed by atoms with E-state index in [-0.39, 0.29) is 33.8 Å². The fourth-order valence-electron chi connectivity index (χ4n) is 14.4. The Balaban J connectivity index is 1.20. The molecule has 1 aliphatic carbocycles. The van der Waals surface area contributed by atoms with Gasteiger partial charge >= 0.3 is 0 Å². The van der Waals surface area contributed by atoms with Gasteiger partial charge in [0.15, 0.2) is 0 Å². The van der Waals surface area contributed by atoms with E-state index in [0.29, 0.717) is 0 Å².